The van der Waals surface area contributed by atoms with Crippen LogP contribution in [0.2, 0.25) is 0 Å². The molecule has 0 unspecified atom stereocenters. The quantitative estimate of drug-likeness (QED) is 0.880. The lowest BCUT2D eigenvalue weighted by Gasteiger charge is -2.08. The van der Waals surface area contributed by atoms with Gasteiger partial charge in [-0.15, -0.1) is 11.3 Å². The Morgan fingerprint density at radius 1 is 1.35 bits per heavy atom. The van der Waals surface area contributed by atoms with Crippen LogP contribution in [0.5, 0.6) is 5.75 Å². The molecule has 0 aliphatic heterocycles. The van der Waals surface area contributed by atoms with Crippen molar-refractivity contribution in [3.05, 3.63) is 44.6 Å². The highest BCUT2D eigenvalue weighted by atomic mass is 79.9. The zero-order valence-corrected chi connectivity index (χ0v) is 12.7. The Labute approximate surface area is 127 Å². The maximum atomic E-state index is 12.2. The first-order valence-corrected chi connectivity index (χ1v) is 7.16. The third kappa shape index (κ3) is 3.00. The van der Waals surface area contributed by atoms with Crippen LogP contribution in [0.1, 0.15) is 20.0 Å². The summed E-state index contributed by atoms with van der Waals surface area (Å²) in [7, 11) is 1.51. The lowest BCUT2D eigenvalue weighted by atomic mass is 10.2. The Morgan fingerprint density at radius 3 is 2.75 bits per heavy atom. The smallest absolute Gasteiger partial charge is 0.348 e. The Hall–Kier alpha value is -1.86. The predicted molar refractivity (Wildman–Crippen MR) is 79.9 cm³/mol. The van der Waals surface area contributed by atoms with E-state index in [2.05, 4.69) is 21.2 Å². The Bertz CT molecular complexity index is 668. The molecule has 1 aromatic heterocycles. The molecule has 20 heavy (non-hydrogen) atoms. The summed E-state index contributed by atoms with van der Waals surface area (Å²) in [5.41, 5.74) is 0.647. The number of nitrogens with one attached hydrogen (secondary N) is 1. The molecule has 0 saturated carbocycles. The molecule has 0 fully saturated rings. The Morgan fingerprint density at radius 2 is 2.10 bits per heavy atom. The van der Waals surface area contributed by atoms with E-state index in [9.17, 15) is 9.59 Å². The molecule has 0 radical (unpaired) electrons. The van der Waals surface area contributed by atoms with Crippen LogP contribution in [0.25, 0.3) is 0 Å². The number of benzene rings is 1. The lowest BCUT2D eigenvalue weighted by Crippen LogP contribution is -2.14. The van der Waals surface area contributed by atoms with Gasteiger partial charge in [-0.05, 0) is 45.6 Å². The molecule has 1 aromatic carbocycles. The van der Waals surface area contributed by atoms with Crippen molar-refractivity contribution in [2.24, 2.45) is 0 Å². The van der Waals surface area contributed by atoms with Crippen molar-refractivity contribution in [1.82, 2.24) is 0 Å². The molecule has 0 atom stereocenters. The number of rotatable bonds is 4. The summed E-state index contributed by atoms with van der Waals surface area (Å²) in [6.45, 7) is 0. The van der Waals surface area contributed by atoms with Crippen molar-refractivity contribution in [3.8, 4) is 5.75 Å². The largest absolute Gasteiger partial charge is 0.497 e. The van der Waals surface area contributed by atoms with Gasteiger partial charge in [0.15, 0.2) is 0 Å². The van der Waals surface area contributed by atoms with Crippen LogP contribution < -0.4 is 10.1 Å². The molecule has 0 bridgehead atoms. The van der Waals surface area contributed by atoms with Crippen molar-refractivity contribution in [1.29, 1.82) is 0 Å². The molecule has 0 saturated heterocycles. The second-order valence-corrected chi connectivity index (χ2v) is 5.54. The molecule has 1 amide bonds. The standard InChI is InChI=1S/C13H10BrNO4S/c1-19-7-2-3-9(14)8(6-7)12(16)15-10-4-5-20-11(10)13(17)18/h2-6H,1H3,(H,15,16)(H,17,18). The van der Waals surface area contributed by atoms with Crippen LogP contribution in [0.3, 0.4) is 0 Å². The van der Waals surface area contributed by atoms with E-state index >= 15 is 0 Å². The number of halogens is 1. The molecule has 7 heteroatoms. The summed E-state index contributed by atoms with van der Waals surface area (Å²) >= 11 is 4.34. The van der Waals surface area contributed by atoms with Gasteiger partial charge >= 0.3 is 5.97 Å². The van der Waals surface area contributed by atoms with Gasteiger partial charge in [0.2, 0.25) is 0 Å². The second-order valence-electron chi connectivity index (χ2n) is 3.77. The molecule has 0 aliphatic rings. The average molecular weight is 356 g/mol. The number of thiophene rings is 1. The van der Waals surface area contributed by atoms with E-state index in [-0.39, 0.29) is 10.6 Å². The third-order valence-electron chi connectivity index (χ3n) is 2.53. The average Bonchev–Trinajstić information content (AvgIpc) is 2.87. The van der Waals surface area contributed by atoms with E-state index < -0.39 is 11.9 Å². The van der Waals surface area contributed by atoms with E-state index in [0.717, 1.165) is 11.3 Å². The number of hydrogen-bond donors (Lipinski definition) is 2. The van der Waals surface area contributed by atoms with Crippen LogP contribution in [0, 0.1) is 0 Å². The molecule has 2 N–H and O–H groups in total. The van der Waals surface area contributed by atoms with Gasteiger partial charge in [-0.3, -0.25) is 4.79 Å². The SMILES string of the molecule is COc1ccc(Br)c(C(=O)Nc2ccsc2C(=O)O)c1. The maximum Gasteiger partial charge on any atom is 0.348 e. The summed E-state index contributed by atoms with van der Waals surface area (Å²) in [4.78, 5) is 23.3. The summed E-state index contributed by atoms with van der Waals surface area (Å²) < 4.78 is 5.66. The number of aromatic carboxylic acids is 1. The fourth-order valence-electron chi connectivity index (χ4n) is 1.57. The van der Waals surface area contributed by atoms with Crippen molar-refractivity contribution in [2.45, 2.75) is 0 Å². The zero-order chi connectivity index (χ0) is 14.7. The number of carbonyl (C=O) groups excluding carboxylic acids is 1. The van der Waals surface area contributed by atoms with Gasteiger partial charge in [-0.2, -0.15) is 0 Å². The van der Waals surface area contributed by atoms with E-state index in [1.165, 1.54) is 7.11 Å². The van der Waals surface area contributed by atoms with Gasteiger partial charge in [-0.25, -0.2) is 4.79 Å². The molecule has 104 valence electrons. The van der Waals surface area contributed by atoms with Crippen LogP contribution in [-0.2, 0) is 0 Å². The minimum Gasteiger partial charge on any atom is -0.497 e. The highest BCUT2D eigenvalue weighted by Crippen LogP contribution is 2.26. The van der Waals surface area contributed by atoms with Gasteiger partial charge in [0.05, 0.1) is 18.4 Å². The molecule has 0 aliphatic carbocycles. The molecule has 1 heterocycles. The zero-order valence-electron chi connectivity index (χ0n) is 10.3. The van der Waals surface area contributed by atoms with Gasteiger partial charge < -0.3 is 15.2 Å². The van der Waals surface area contributed by atoms with E-state index in [1.54, 1.807) is 29.6 Å². The lowest BCUT2D eigenvalue weighted by molar-refractivity contribution is 0.0703. The number of carbonyl (C=O) groups is 2. The number of amides is 1. The van der Waals surface area contributed by atoms with Crippen molar-refractivity contribution < 1.29 is 19.4 Å². The second kappa shape index (κ2) is 6.06. The summed E-state index contributed by atoms with van der Waals surface area (Å²) in [5.74, 6) is -0.932. The summed E-state index contributed by atoms with van der Waals surface area (Å²) in [6, 6.07) is 6.54. The molecule has 0 spiro atoms. The van der Waals surface area contributed by atoms with E-state index in [1.807, 2.05) is 0 Å². The highest BCUT2D eigenvalue weighted by Gasteiger charge is 2.17. The summed E-state index contributed by atoms with van der Waals surface area (Å²) in [5, 5.41) is 13.2. The predicted octanol–water partition coefficient (Wildman–Crippen LogP) is 3.47. The first kappa shape index (κ1) is 14.5. The number of carboxylic acid groups (broad SMARTS) is 1. The van der Waals surface area contributed by atoms with Crippen molar-refractivity contribution in [2.75, 3.05) is 12.4 Å². The number of ether oxygens (including phenoxy) is 1. The van der Waals surface area contributed by atoms with Crippen LogP contribution in [0.15, 0.2) is 34.1 Å². The number of methoxy groups -OCH3 is 1. The number of carboxylic acids is 1. The third-order valence-corrected chi connectivity index (χ3v) is 4.12. The Balaban J connectivity index is 2.28. The number of hydrogen-bond acceptors (Lipinski definition) is 4. The van der Waals surface area contributed by atoms with E-state index in [4.69, 9.17) is 9.84 Å². The Kier molecular flexibility index (Phi) is 4.41. The van der Waals surface area contributed by atoms with Gasteiger partial charge in [0, 0.05) is 4.47 Å². The normalized spacial score (nSPS) is 10.1. The van der Waals surface area contributed by atoms with Crippen molar-refractivity contribution in [3.63, 3.8) is 0 Å². The van der Waals surface area contributed by atoms with E-state index in [0.29, 0.717) is 15.8 Å². The first-order chi connectivity index (χ1) is 9.52. The fourth-order valence-corrected chi connectivity index (χ4v) is 2.68. The molecule has 2 rings (SSSR count). The minimum atomic E-state index is -1.07. The summed E-state index contributed by atoms with van der Waals surface area (Å²) in [6.07, 6.45) is 0. The molecular weight excluding hydrogens is 346 g/mol. The van der Waals surface area contributed by atoms with Gasteiger partial charge in [0.1, 0.15) is 10.6 Å². The van der Waals surface area contributed by atoms with Gasteiger partial charge in [0.25, 0.3) is 5.91 Å². The fraction of sp³-hybridized carbons (Fsp3) is 0.0769. The van der Waals surface area contributed by atoms with Crippen LogP contribution in [-0.4, -0.2) is 24.1 Å². The molecule has 2 aromatic rings. The monoisotopic (exact) mass is 355 g/mol. The maximum absolute atomic E-state index is 12.2. The minimum absolute atomic E-state index is 0.0948. The van der Waals surface area contributed by atoms with Gasteiger partial charge in [-0.1, -0.05) is 0 Å². The number of anilines is 1. The molecule has 5 nitrogen and oxygen atoms in total. The highest BCUT2D eigenvalue weighted by molar-refractivity contribution is 9.10. The topological polar surface area (TPSA) is 75.6 Å². The first-order valence-electron chi connectivity index (χ1n) is 5.48. The van der Waals surface area contributed by atoms with Crippen LogP contribution in [0.4, 0.5) is 5.69 Å². The molecular formula is C13H10BrNO4S. The van der Waals surface area contributed by atoms with Crippen LogP contribution >= 0.6 is 27.3 Å². The van der Waals surface area contributed by atoms with Crippen molar-refractivity contribution >= 4 is 44.8 Å².